The van der Waals surface area contributed by atoms with Gasteiger partial charge in [0.15, 0.2) is 5.90 Å². The van der Waals surface area contributed by atoms with E-state index in [4.69, 9.17) is 19.2 Å². The molecule has 0 aromatic heterocycles. The fourth-order valence-corrected chi connectivity index (χ4v) is 3.58. The molecule has 0 aliphatic rings. The van der Waals surface area contributed by atoms with Gasteiger partial charge in [-0.25, -0.2) is 4.57 Å². The Balaban J connectivity index is 1.93. The molecule has 146 valence electrons. The SMILES string of the molecule is CC(C)CCOC(=N)CNCP(=O)(Oc1ccccc1)Oc1ccccc1. The minimum absolute atomic E-state index is 0.0489. The second kappa shape index (κ2) is 10.8. The predicted molar refractivity (Wildman–Crippen MR) is 108 cm³/mol. The summed E-state index contributed by atoms with van der Waals surface area (Å²) in [5, 5.41) is 10.8. The number of rotatable bonds is 11. The van der Waals surface area contributed by atoms with Crippen LogP contribution in [0.4, 0.5) is 0 Å². The molecule has 0 unspecified atom stereocenters. The second-order valence-electron chi connectivity index (χ2n) is 6.46. The quantitative estimate of drug-likeness (QED) is 0.323. The number of benzene rings is 2. The Labute approximate surface area is 160 Å². The Bertz CT molecular complexity index is 693. The summed E-state index contributed by atoms with van der Waals surface area (Å²) >= 11 is 0. The first-order valence-electron chi connectivity index (χ1n) is 8.96. The Kier molecular flexibility index (Phi) is 8.37. The van der Waals surface area contributed by atoms with Gasteiger partial charge in [0.05, 0.1) is 13.2 Å². The van der Waals surface area contributed by atoms with Crippen molar-refractivity contribution in [3.05, 3.63) is 60.7 Å². The molecule has 0 spiro atoms. The summed E-state index contributed by atoms with van der Waals surface area (Å²) in [7, 11) is -3.52. The maximum absolute atomic E-state index is 13.2. The van der Waals surface area contributed by atoms with Crippen LogP contribution >= 0.6 is 7.60 Å². The summed E-state index contributed by atoms with van der Waals surface area (Å²) in [6.07, 6.45) is 0.835. The lowest BCUT2D eigenvalue weighted by Crippen LogP contribution is -2.27. The van der Waals surface area contributed by atoms with Crippen LogP contribution in [0.25, 0.3) is 0 Å². The summed E-state index contributed by atoms with van der Waals surface area (Å²) in [5.41, 5.74) is 0. The summed E-state index contributed by atoms with van der Waals surface area (Å²) < 4.78 is 29.9. The third-order valence-corrected chi connectivity index (χ3v) is 5.13. The van der Waals surface area contributed by atoms with Gasteiger partial charge in [0.1, 0.15) is 17.8 Å². The molecule has 0 radical (unpaired) electrons. The van der Waals surface area contributed by atoms with Gasteiger partial charge in [-0.1, -0.05) is 50.2 Å². The molecule has 0 atom stereocenters. The lowest BCUT2D eigenvalue weighted by Gasteiger charge is -2.20. The third kappa shape index (κ3) is 8.29. The molecule has 0 saturated carbocycles. The van der Waals surface area contributed by atoms with Crippen LogP contribution in [0.2, 0.25) is 0 Å². The average molecular weight is 390 g/mol. The van der Waals surface area contributed by atoms with Crippen molar-refractivity contribution >= 4 is 13.5 Å². The van der Waals surface area contributed by atoms with Gasteiger partial charge in [-0.15, -0.1) is 0 Å². The van der Waals surface area contributed by atoms with Crippen molar-refractivity contribution in [2.24, 2.45) is 5.92 Å². The van der Waals surface area contributed by atoms with Crippen LogP contribution in [0.5, 0.6) is 11.5 Å². The maximum Gasteiger partial charge on any atom is 0.444 e. The highest BCUT2D eigenvalue weighted by Crippen LogP contribution is 2.47. The van der Waals surface area contributed by atoms with Gasteiger partial charge in [0, 0.05) is 0 Å². The topological polar surface area (TPSA) is 80.6 Å². The summed E-state index contributed by atoms with van der Waals surface area (Å²) in [4.78, 5) is 0. The Morgan fingerprint density at radius 2 is 1.52 bits per heavy atom. The molecular weight excluding hydrogens is 363 g/mol. The molecule has 2 aromatic rings. The van der Waals surface area contributed by atoms with Gasteiger partial charge in [-0.05, 0) is 36.6 Å². The van der Waals surface area contributed by atoms with Crippen LogP contribution in [0.1, 0.15) is 20.3 Å². The van der Waals surface area contributed by atoms with E-state index in [1.165, 1.54) is 0 Å². The van der Waals surface area contributed by atoms with E-state index in [0.717, 1.165) is 6.42 Å². The van der Waals surface area contributed by atoms with Crippen molar-refractivity contribution in [2.75, 3.05) is 19.4 Å². The van der Waals surface area contributed by atoms with Crippen molar-refractivity contribution < 1.29 is 18.3 Å². The number of ether oxygens (including phenoxy) is 1. The van der Waals surface area contributed by atoms with Crippen LogP contribution in [-0.4, -0.2) is 25.3 Å². The Morgan fingerprint density at radius 1 is 1.00 bits per heavy atom. The highest BCUT2D eigenvalue weighted by atomic mass is 31.2. The number of para-hydroxylation sites is 2. The molecule has 0 heterocycles. The zero-order valence-electron chi connectivity index (χ0n) is 15.8. The first kappa shape index (κ1) is 21.0. The Morgan fingerprint density at radius 3 is 2.00 bits per heavy atom. The molecule has 6 nitrogen and oxygen atoms in total. The lowest BCUT2D eigenvalue weighted by atomic mass is 10.1. The maximum atomic E-state index is 13.2. The zero-order valence-corrected chi connectivity index (χ0v) is 16.7. The lowest BCUT2D eigenvalue weighted by molar-refractivity contribution is 0.268. The largest absolute Gasteiger partial charge is 0.480 e. The van der Waals surface area contributed by atoms with E-state index in [1.54, 1.807) is 48.5 Å². The first-order valence-corrected chi connectivity index (χ1v) is 10.7. The van der Waals surface area contributed by atoms with Crippen molar-refractivity contribution in [2.45, 2.75) is 20.3 Å². The molecule has 7 heteroatoms. The van der Waals surface area contributed by atoms with Crippen molar-refractivity contribution in [3.8, 4) is 11.5 Å². The molecule has 2 aromatic carbocycles. The molecule has 0 saturated heterocycles. The second-order valence-corrected chi connectivity index (χ2v) is 8.36. The molecule has 2 rings (SSSR count). The van der Waals surface area contributed by atoms with Gasteiger partial charge >= 0.3 is 7.60 Å². The Hall–Kier alpha value is -2.30. The highest BCUT2D eigenvalue weighted by Gasteiger charge is 2.28. The fraction of sp³-hybridized carbons (Fsp3) is 0.350. The minimum atomic E-state index is -3.52. The summed E-state index contributed by atoms with van der Waals surface area (Å²) in [6.45, 7) is 4.85. The van der Waals surface area contributed by atoms with Gasteiger partial charge in [0.25, 0.3) is 0 Å². The molecular formula is C20H27N2O4P. The van der Waals surface area contributed by atoms with E-state index in [9.17, 15) is 4.57 Å². The minimum Gasteiger partial charge on any atom is -0.480 e. The molecule has 0 aliphatic carbocycles. The number of hydrogen-bond donors (Lipinski definition) is 2. The van der Waals surface area contributed by atoms with Crippen LogP contribution in [0.15, 0.2) is 60.7 Å². The van der Waals surface area contributed by atoms with E-state index in [1.807, 2.05) is 12.1 Å². The van der Waals surface area contributed by atoms with Crippen LogP contribution < -0.4 is 14.4 Å². The first-order chi connectivity index (χ1) is 13.0. The van der Waals surface area contributed by atoms with Crippen molar-refractivity contribution in [1.82, 2.24) is 5.32 Å². The molecule has 2 N–H and O–H groups in total. The number of hydrogen-bond acceptors (Lipinski definition) is 6. The summed E-state index contributed by atoms with van der Waals surface area (Å²) in [6, 6.07) is 17.8. The molecule has 0 fully saturated rings. The van der Waals surface area contributed by atoms with Gasteiger partial charge in [-0.2, -0.15) is 0 Å². The van der Waals surface area contributed by atoms with E-state index < -0.39 is 7.60 Å². The summed E-state index contributed by atoms with van der Waals surface area (Å²) in [5.74, 6) is 1.54. The van der Waals surface area contributed by atoms with Gasteiger partial charge in [0.2, 0.25) is 0 Å². The van der Waals surface area contributed by atoms with Gasteiger partial charge < -0.3 is 13.8 Å². The highest BCUT2D eigenvalue weighted by molar-refractivity contribution is 7.54. The van der Waals surface area contributed by atoms with E-state index in [-0.39, 0.29) is 18.7 Å². The predicted octanol–water partition coefficient (Wildman–Crippen LogP) is 4.92. The molecule has 0 amide bonds. The average Bonchev–Trinajstić information content (AvgIpc) is 2.63. The smallest absolute Gasteiger partial charge is 0.444 e. The van der Waals surface area contributed by atoms with Crippen molar-refractivity contribution in [1.29, 1.82) is 5.41 Å². The van der Waals surface area contributed by atoms with E-state index in [0.29, 0.717) is 24.0 Å². The van der Waals surface area contributed by atoms with Crippen LogP contribution in [0, 0.1) is 11.3 Å². The van der Waals surface area contributed by atoms with Crippen molar-refractivity contribution in [3.63, 3.8) is 0 Å². The zero-order chi connectivity index (χ0) is 19.5. The van der Waals surface area contributed by atoms with Crippen LogP contribution in [-0.2, 0) is 9.30 Å². The monoisotopic (exact) mass is 390 g/mol. The third-order valence-electron chi connectivity index (χ3n) is 3.54. The standard InChI is InChI=1S/C20H27N2O4P/c1-17(2)13-14-24-20(21)15-22-16-27(23,25-18-9-5-3-6-10-18)26-19-11-7-4-8-12-19/h3-12,17,21-22H,13-16H2,1-2H3. The number of nitrogens with one attached hydrogen (secondary N) is 2. The molecule has 0 bridgehead atoms. The fourth-order valence-electron chi connectivity index (χ4n) is 2.14. The molecule has 27 heavy (non-hydrogen) atoms. The van der Waals surface area contributed by atoms with E-state index in [2.05, 4.69) is 19.2 Å². The van der Waals surface area contributed by atoms with E-state index >= 15 is 0 Å². The van der Waals surface area contributed by atoms with Crippen LogP contribution in [0.3, 0.4) is 0 Å². The molecule has 0 aliphatic heterocycles. The van der Waals surface area contributed by atoms with Gasteiger partial charge in [-0.3, -0.25) is 10.7 Å². The normalized spacial score (nSPS) is 11.2.